The number of hydrogen-bond acceptors (Lipinski definition) is 6. The Kier molecular flexibility index (Phi) is 4.92. The third-order valence-electron chi connectivity index (χ3n) is 4.79. The highest BCUT2D eigenvalue weighted by Gasteiger charge is 2.37. The number of methoxy groups -OCH3 is 1. The minimum absolute atomic E-state index is 0.109. The Morgan fingerprint density at radius 3 is 2.26 bits per heavy atom. The highest BCUT2D eigenvalue weighted by molar-refractivity contribution is 6.34. The second kappa shape index (κ2) is 7.71. The molecule has 3 aromatic rings. The van der Waals surface area contributed by atoms with E-state index in [4.69, 9.17) is 4.74 Å². The van der Waals surface area contributed by atoms with Crippen molar-refractivity contribution in [1.82, 2.24) is 0 Å². The number of nitro groups is 1. The number of amides is 3. The average Bonchev–Trinajstić information content (AvgIpc) is 3.04. The summed E-state index contributed by atoms with van der Waals surface area (Å²) >= 11 is 0. The Labute approximate surface area is 176 Å². The van der Waals surface area contributed by atoms with E-state index in [1.54, 1.807) is 24.3 Å². The zero-order valence-corrected chi connectivity index (χ0v) is 16.2. The van der Waals surface area contributed by atoms with Gasteiger partial charge in [0.25, 0.3) is 23.4 Å². The van der Waals surface area contributed by atoms with Crippen molar-refractivity contribution in [2.45, 2.75) is 0 Å². The lowest BCUT2D eigenvalue weighted by atomic mass is 10.1. The molecule has 0 unspecified atom stereocenters. The SMILES string of the molecule is COc1cc(NC(=O)c2cccc([N+](=O)[O-])c2)ccc1N1C(=O)c2ccccc2C1=O. The summed E-state index contributed by atoms with van der Waals surface area (Å²) in [5.74, 6) is -1.29. The van der Waals surface area contributed by atoms with Gasteiger partial charge in [0.2, 0.25) is 0 Å². The first-order valence-electron chi connectivity index (χ1n) is 9.12. The number of carbonyl (C=O) groups excluding carboxylic acids is 3. The fourth-order valence-corrected chi connectivity index (χ4v) is 3.31. The predicted octanol–water partition coefficient (Wildman–Crippen LogP) is 3.66. The van der Waals surface area contributed by atoms with Crippen LogP contribution in [0, 0.1) is 10.1 Å². The molecule has 0 radical (unpaired) electrons. The van der Waals surface area contributed by atoms with E-state index < -0.39 is 22.6 Å². The summed E-state index contributed by atoms with van der Waals surface area (Å²) in [7, 11) is 1.38. The fraction of sp³-hybridized carbons (Fsp3) is 0.0455. The molecule has 0 saturated carbocycles. The van der Waals surface area contributed by atoms with E-state index in [2.05, 4.69) is 5.32 Å². The highest BCUT2D eigenvalue weighted by Crippen LogP contribution is 2.36. The minimum Gasteiger partial charge on any atom is -0.494 e. The number of fused-ring (bicyclic) bond motifs is 1. The number of nitrogens with one attached hydrogen (secondary N) is 1. The Hall–Kier alpha value is -4.53. The smallest absolute Gasteiger partial charge is 0.270 e. The molecule has 1 heterocycles. The maximum absolute atomic E-state index is 12.7. The molecule has 1 N–H and O–H groups in total. The van der Waals surface area contributed by atoms with Gasteiger partial charge in [-0.3, -0.25) is 24.5 Å². The molecule has 0 aliphatic carbocycles. The summed E-state index contributed by atoms with van der Waals surface area (Å²) in [5.41, 5.74) is 1.08. The molecule has 0 saturated heterocycles. The lowest BCUT2D eigenvalue weighted by Gasteiger charge is -2.18. The van der Waals surface area contributed by atoms with Crippen molar-refractivity contribution in [3.63, 3.8) is 0 Å². The van der Waals surface area contributed by atoms with Crippen molar-refractivity contribution in [2.24, 2.45) is 0 Å². The number of ether oxygens (including phenoxy) is 1. The Balaban J connectivity index is 1.62. The van der Waals surface area contributed by atoms with Gasteiger partial charge in [-0.2, -0.15) is 0 Å². The van der Waals surface area contributed by atoms with E-state index in [-0.39, 0.29) is 22.7 Å². The highest BCUT2D eigenvalue weighted by atomic mass is 16.6. The molecule has 0 aromatic heterocycles. The number of imide groups is 1. The van der Waals surface area contributed by atoms with Gasteiger partial charge in [0, 0.05) is 29.4 Å². The van der Waals surface area contributed by atoms with Gasteiger partial charge in [-0.05, 0) is 30.3 Å². The molecule has 0 spiro atoms. The van der Waals surface area contributed by atoms with Gasteiger partial charge < -0.3 is 10.1 Å². The molecule has 9 heteroatoms. The molecule has 0 bridgehead atoms. The first-order valence-corrected chi connectivity index (χ1v) is 9.12. The minimum atomic E-state index is -0.587. The summed E-state index contributed by atoms with van der Waals surface area (Å²) in [6, 6.07) is 16.3. The van der Waals surface area contributed by atoms with E-state index >= 15 is 0 Å². The zero-order chi connectivity index (χ0) is 22.1. The molecule has 4 rings (SSSR count). The van der Waals surface area contributed by atoms with Gasteiger partial charge in [0.05, 0.1) is 28.8 Å². The van der Waals surface area contributed by atoms with Crippen molar-refractivity contribution >= 4 is 34.8 Å². The van der Waals surface area contributed by atoms with Crippen LogP contribution in [0.5, 0.6) is 5.75 Å². The molecular formula is C22H15N3O6. The van der Waals surface area contributed by atoms with Crippen molar-refractivity contribution < 1.29 is 24.0 Å². The standard InChI is InChI=1S/C22H15N3O6/c1-31-19-12-14(23-20(26)13-5-4-6-15(11-13)25(29)30)9-10-18(19)24-21(27)16-7-2-3-8-17(16)22(24)28/h2-12H,1H3,(H,23,26). The quantitative estimate of drug-likeness (QED) is 0.384. The van der Waals surface area contributed by atoms with Gasteiger partial charge >= 0.3 is 0 Å². The Morgan fingerprint density at radius 2 is 1.65 bits per heavy atom. The normalized spacial score (nSPS) is 12.5. The lowest BCUT2D eigenvalue weighted by Crippen LogP contribution is -2.29. The number of anilines is 2. The first-order chi connectivity index (χ1) is 14.9. The van der Waals surface area contributed by atoms with Gasteiger partial charge in [-0.25, -0.2) is 4.90 Å². The number of carbonyl (C=O) groups is 3. The van der Waals surface area contributed by atoms with Crippen molar-refractivity contribution in [2.75, 3.05) is 17.3 Å². The van der Waals surface area contributed by atoms with Crippen LogP contribution in [-0.4, -0.2) is 29.8 Å². The third kappa shape index (κ3) is 3.48. The fourth-order valence-electron chi connectivity index (χ4n) is 3.31. The molecular weight excluding hydrogens is 402 g/mol. The maximum Gasteiger partial charge on any atom is 0.270 e. The molecule has 3 aromatic carbocycles. The number of rotatable bonds is 5. The first kappa shape index (κ1) is 19.8. The zero-order valence-electron chi connectivity index (χ0n) is 16.2. The number of benzene rings is 3. The second-order valence-electron chi connectivity index (χ2n) is 6.64. The molecule has 31 heavy (non-hydrogen) atoms. The van der Waals surface area contributed by atoms with Crippen LogP contribution in [0.25, 0.3) is 0 Å². The summed E-state index contributed by atoms with van der Waals surface area (Å²) in [6.07, 6.45) is 0. The van der Waals surface area contributed by atoms with Crippen molar-refractivity contribution in [3.8, 4) is 5.75 Å². The number of hydrogen-bond donors (Lipinski definition) is 1. The summed E-state index contributed by atoms with van der Waals surface area (Å²) in [4.78, 5) is 49.3. The van der Waals surface area contributed by atoms with Crippen LogP contribution in [0.3, 0.4) is 0 Å². The average molecular weight is 417 g/mol. The number of nitro benzene ring substituents is 1. The molecule has 0 atom stereocenters. The molecule has 154 valence electrons. The Bertz CT molecular complexity index is 1220. The van der Waals surface area contributed by atoms with Crippen LogP contribution in [0.15, 0.2) is 66.7 Å². The van der Waals surface area contributed by atoms with Gasteiger partial charge in [0.15, 0.2) is 0 Å². The third-order valence-corrected chi connectivity index (χ3v) is 4.79. The van der Waals surface area contributed by atoms with Crippen LogP contribution in [0.2, 0.25) is 0 Å². The maximum atomic E-state index is 12.7. The molecule has 1 aliphatic rings. The second-order valence-corrected chi connectivity index (χ2v) is 6.64. The van der Waals surface area contributed by atoms with Crippen LogP contribution in [0.1, 0.15) is 31.1 Å². The molecule has 1 aliphatic heterocycles. The largest absolute Gasteiger partial charge is 0.494 e. The number of nitrogens with zero attached hydrogens (tertiary/aromatic N) is 2. The van der Waals surface area contributed by atoms with Gasteiger partial charge in [0.1, 0.15) is 5.75 Å². The van der Waals surface area contributed by atoms with Crippen LogP contribution >= 0.6 is 0 Å². The van der Waals surface area contributed by atoms with Gasteiger partial charge in [-0.1, -0.05) is 18.2 Å². The van der Waals surface area contributed by atoms with E-state index in [9.17, 15) is 24.5 Å². The van der Waals surface area contributed by atoms with Crippen molar-refractivity contribution in [1.29, 1.82) is 0 Å². The van der Waals surface area contributed by atoms with E-state index in [0.29, 0.717) is 16.8 Å². The molecule has 0 fully saturated rings. The van der Waals surface area contributed by atoms with Gasteiger partial charge in [-0.15, -0.1) is 0 Å². The van der Waals surface area contributed by atoms with E-state index in [1.807, 2.05) is 0 Å². The van der Waals surface area contributed by atoms with Crippen LogP contribution in [-0.2, 0) is 0 Å². The van der Waals surface area contributed by atoms with E-state index in [1.165, 1.54) is 49.6 Å². The van der Waals surface area contributed by atoms with Crippen LogP contribution < -0.4 is 15.0 Å². The molecule has 3 amide bonds. The van der Waals surface area contributed by atoms with Crippen molar-refractivity contribution in [3.05, 3.63) is 93.5 Å². The summed E-state index contributed by atoms with van der Waals surface area (Å²) < 4.78 is 5.35. The predicted molar refractivity (Wildman–Crippen MR) is 112 cm³/mol. The topological polar surface area (TPSA) is 119 Å². The monoisotopic (exact) mass is 417 g/mol. The molecule has 9 nitrogen and oxygen atoms in total. The summed E-state index contributed by atoms with van der Waals surface area (Å²) in [6.45, 7) is 0. The van der Waals surface area contributed by atoms with E-state index in [0.717, 1.165) is 4.90 Å². The summed E-state index contributed by atoms with van der Waals surface area (Å²) in [5, 5.41) is 13.5. The van der Waals surface area contributed by atoms with Crippen LogP contribution in [0.4, 0.5) is 17.1 Å². The number of non-ortho nitro benzene ring substituents is 1. The lowest BCUT2D eigenvalue weighted by molar-refractivity contribution is -0.384. The Morgan fingerprint density at radius 1 is 0.968 bits per heavy atom.